The quantitative estimate of drug-likeness (QED) is 0.863. The van der Waals surface area contributed by atoms with E-state index in [4.69, 9.17) is 0 Å². The second-order valence-corrected chi connectivity index (χ2v) is 5.81. The molecule has 2 heterocycles. The summed E-state index contributed by atoms with van der Waals surface area (Å²) in [5.74, 6) is 0.688. The predicted octanol–water partition coefficient (Wildman–Crippen LogP) is 2.57. The Bertz CT molecular complexity index is 474. The zero-order chi connectivity index (χ0) is 13.7. The summed E-state index contributed by atoms with van der Waals surface area (Å²) in [6, 6.07) is 3.93. The van der Waals surface area contributed by atoms with Crippen LogP contribution in [-0.2, 0) is 0 Å². The fourth-order valence-electron chi connectivity index (χ4n) is 1.81. The van der Waals surface area contributed by atoms with Gasteiger partial charge < -0.3 is 5.32 Å². The van der Waals surface area contributed by atoms with Crippen molar-refractivity contribution < 1.29 is 0 Å². The molecule has 2 aromatic rings. The zero-order valence-corrected chi connectivity index (χ0v) is 11.6. The Kier molecular flexibility index (Phi) is 4.09. The molecule has 2 aromatic heterocycles. The minimum Gasteiger partial charge on any atom is -0.374 e. The predicted molar refractivity (Wildman–Crippen MR) is 73.5 cm³/mol. The lowest BCUT2D eigenvalue weighted by molar-refractivity contribution is 0.352. The normalized spacial score (nSPS) is 13.2. The van der Waals surface area contributed by atoms with Gasteiger partial charge in [0, 0.05) is 12.4 Å². The Hall–Kier alpha value is -1.98. The molecule has 0 aliphatic carbocycles. The van der Waals surface area contributed by atoms with E-state index < -0.39 is 0 Å². The fourth-order valence-corrected chi connectivity index (χ4v) is 1.81. The van der Waals surface area contributed by atoms with Gasteiger partial charge in [-0.2, -0.15) is 5.21 Å². The monoisotopic (exact) mass is 260 g/mol. The summed E-state index contributed by atoms with van der Waals surface area (Å²) >= 11 is 0. The van der Waals surface area contributed by atoms with Crippen LogP contribution in [0.2, 0.25) is 0 Å². The number of hydrogen-bond acceptors (Lipinski definition) is 5. The Morgan fingerprint density at radius 3 is 2.79 bits per heavy atom. The summed E-state index contributed by atoms with van der Waals surface area (Å²) < 4.78 is 0. The topological polar surface area (TPSA) is 79.4 Å². The van der Waals surface area contributed by atoms with Gasteiger partial charge >= 0.3 is 0 Å². The van der Waals surface area contributed by atoms with Crippen LogP contribution in [0.5, 0.6) is 0 Å². The van der Waals surface area contributed by atoms with E-state index in [0.717, 1.165) is 18.5 Å². The van der Waals surface area contributed by atoms with E-state index in [1.807, 2.05) is 12.1 Å². The van der Waals surface area contributed by atoms with E-state index in [-0.39, 0.29) is 11.5 Å². The number of pyridine rings is 1. The summed E-state index contributed by atoms with van der Waals surface area (Å²) in [5, 5.41) is 17.7. The Labute approximate surface area is 113 Å². The van der Waals surface area contributed by atoms with Crippen molar-refractivity contribution in [2.45, 2.75) is 39.7 Å². The second kappa shape index (κ2) is 5.77. The molecule has 0 aromatic carbocycles. The van der Waals surface area contributed by atoms with Crippen LogP contribution in [-0.4, -0.2) is 25.6 Å². The van der Waals surface area contributed by atoms with Gasteiger partial charge in [0.25, 0.3) is 0 Å². The smallest absolute Gasteiger partial charge is 0.196 e. The summed E-state index contributed by atoms with van der Waals surface area (Å²) in [7, 11) is 0. The molecule has 0 saturated heterocycles. The van der Waals surface area contributed by atoms with E-state index in [9.17, 15) is 0 Å². The maximum Gasteiger partial charge on any atom is 0.196 e. The summed E-state index contributed by atoms with van der Waals surface area (Å²) in [4.78, 5) is 4.10. The maximum absolute atomic E-state index is 4.10. The molecule has 1 atom stereocenters. The number of H-pyrrole nitrogens is 1. The van der Waals surface area contributed by atoms with Gasteiger partial charge in [0.05, 0.1) is 11.7 Å². The molecule has 6 heteroatoms. The van der Waals surface area contributed by atoms with E-state index in [0.29, 0.717) is 5.82 Å². The van der Waals surface area contributed by atoms with Crippen LogP contribution in [0.15, 0.2) is 24.5 Å². The number of aromatic nitrogens is 5. The van der Waals surface area contributed by atoms with Crippen LogP contribution in [0.4, 0.5) is 5.69 Å². The standard InChI is InChI=1S/C13H20N6/c1-13(2,3)7-6-11(12-16-18-19-17-12)15-10-5-4-8-14-9-10/h4-5,8-9,11,15H,6-7H2,1-3H3,(H,16,17,18,19). The summed E-state index contributed by atoms with van der Waals surface area (Å²) in [6.45, 7) is 6.68. The van der Waals surface area contributed by atoms with Crippen molar-refractivity contribution in [2.24, 2.45) is 5.41 Å². The highest BCUT2D eigenvalue weighted by molar-refractivity contribution is 5.41. The number of tetrazole rings is 1. The molecule has 2 rings (SSSR count). The molecule has 0 amide bonds. The van der Waals surface area contributed by atoms with Gasteiger partial charge in [0.15, 0.2) is 5.82 Å². The molecule has 0 spiro atoms. The largest absolute Gasteiger partial charge is 0.374 e. The fraction of sp³-hybridized carbons (Fsp3) is 0.538. The number of anilines is 1. The molecule has 0 bridgehead atoms. The van der Waals surface area contributed by atoms with Crippen LogP contribution in [0, 0.1) is 5.41 Å². The van der Waals surface area contributed by atoms with Crippen LogP contribution in [0.25, 0.3) is 0 Å². The van der Waals surface area contributed by atoms with E-state index >= 15 is 0 Å². The first-order valence-corrected chi connectivity index (χ1v) is 6.44. The van der Waals surface area contributed by atoms with Crippen molar-refractivity contribution in [3.05, 3.63) is 30.4 Å². The molecule has 0 radical (unpaired) electrons. The van der Waals surface area contributed by atoms with E-state index in [2.05, 4.69) is 51.7 Å². The highest BCUT2D eigenvalue weighted by atomic mass is 15.5. The van der Waals surface area contributed by atoms with E-state index in [1.54, 1.807) is 12.4 Å². The highest BCUT2D eigenvalue weighted by Gasteiger charge is 2.20. The zero-order valence-electron chi connectivity index (χ0n) is 11.6. The Morgan fingerprint density at radius 1 is 1.37 bits per heavy atom. The van der Waals surface area contributed by atoms with Crippen molar-refractivity contribution in [1.82, 2.24) is 25.6 Å². The van der Waals surface area contributed by atoms with Gasteiger partial charge in [-0.3, -0.25) is 4.98 Å². The van der Waals surface area contributed by atoms with Gasteiger partial charge in [-0.15, -0.1) is 10.2 Å². The minimum atomic E-state index is 0.0437. The van der Waals surface area contributed by atoms with Crippen LogP contribution in [0.1, 0.15) is 45.5 Å². The van der Waals surface area contributed by atoms with E-state index in [1.165, 1.54) is 0 Å². The lowest BCUT2D eigenvalue weighted by Crippen LogP contribution is -2.16. The number of nitrogens with zero attached hydrogens (tertiary/aromatic N) is 4. The molecule has 0 aliphatic rings. The van der Waals surface area contributed by atoms with Gasteiger partial charge in [-0.25, -0.2) is 0 Å². The number of aromatic amines is 1. The number of rotatable bonds is 5. The molecule has 102 valence electrons. The van der Waals surface area contributed by atoms with Crippen LogP contribution >= 0.6 is 0 Å². The van der Waals surface area contributed by atoms with Crippen molar-refractivity contribution in [1.29, 1.82) is 0 Å². The van der Waals surface area contributed by atoms with Gasteiger partial charge in [0.2, 0.25) is 0 Å². The SMILES string of the molecule is CC(C)(C)CCC(Nc1cccnc1)c1nn[nH]n1. The summed E-state index contributed by atoms with van der Waals surface area (Å²) in [6.07, 6.45) is 5.56. The molecule has 6 nitrogen and oxygen atoms in total. The Balaban J connectivity index is 2.07. The number of hydrogen-bond donors (Lipinski definition) is 2. The minimum absolute atomic E-state index is 0.0437. The molecular formula is C13H20N6. The van der Waals surface area contributed by atoms with Crippen LogP contribution in [0.3, 0.4) is 0 Å². The van der Waals surface area contributed by atoms with Crippen LogP contribution < -0.4 is 5.32 Å². The first-order chi connectivity index (χ1) is 9.04. The van der Waals surface area contributed by atoms with Crippen molar-refractivity contribution in [2.75, 3.05) is 5.32 Å². The summed E-state index contributed by atoms with van der Waals surface area (Å²) in [5.41, 5.74) is 1.24. The third-order valence-electron chi connectivity index (χ3n) is 2.86. The van der Waals surface area contributed by atoms with Crippen molar-refractivity contribution >= 4 is 5.69 Å². The van der Waals surface area contributed by atoms with Crippen molar-refractivity contribution in [3.8, 4) is 0 Å². The molecule has 19 heavy (non-hydrogen) atoms. The lowest BCUT2D eigenvalue weighted by Gasteiger charge is -2.22. The first kappa shape index (κ1) is 13.5. The molecular weight excluding hydrogens is 240 g/mol. The first-order valence-electron chi connectivity index (χ1n) is 6.44. The molecule has 0 saturated carbocycles. The van der Waals surface area contributed by atoms with Gasteiger partial charge in [-0.1, -0.05) is 26.0 Å². The molecule has 2 N–H and O–H groups in total. The number of nitrogens with one attached hydrogen (secondary N) is 2. The second-order valence-electron chi connectivity index (χ2n) is 5.81. The maximum atomic E-state index is 4.10. The van der Waals surface area contributed by atoms with Gasteiger partial charge in [0.1, 0.15) is 0 Å². The third kappa shape index (κ3) is 4.31. The average molecular weight is 260 g/mol. The molecule has 1 unspecified atom stereocenters. The third-order valence-corrected chi connectivity index (χ3v) is 2.86. The molecule has 0 fully saturated rings. The molecule has 0 aliphatic heterocycles. The van der Waals surface area contributed by atoms with Gasteiger partial charge in [-0.05, 0) is 30.4 Å². The average Bonchev–Trinajstić information content (AvgIpc) is 2.88. The van der Waals surface area contributed by atoms with Crippen molar-refractivity contribution in [3.63, 3.8) is 0 Å². The highest BCUT2D eigenvalue weighted by Crippen LogP contribution is 2.28. The lowest BCUT2D eigenvalue weighted by atomic mass is 9.88. The Morgan fingerprint density at radius 2 is 2.21 bits per heavy atom.